The Bertz CT molecular complexity index is 1700. The summed E-state index contributed by atoms with van der Waals surface area (Å²) in [5.41, 5.74) is 8.94. The molecular weight excluding hydrogens is 518 g/mol. The van der Waals surface area contributed by atoms with Gasteiger partial charge in [-0.3, -0.25) is 9.59 Å². The van der Waals surface area contributed by atoms with Crippen molar-refractivity contribution in [3.05, 3.63) is 72.2 Å². The van der Waals surface area contributed by atoms with Crippen LogP contribution in [0.4, 0.5) is 11.6 Å². The number of carbonyl (C=O) groups excluding carboxylic acids is 2. The molecule has 11 nitrogen and oxygen atoms in total. The zero-order valence-electron chi connectivity index (χ0n) is 22.7. The van der Waals surface area contributed by atoms with Crippen molar-refractivity contribution in [3.63, 3.8) is 0 Å². The standard InChI is InChI=1S/C30H29N9O2/c1-17(2)11-21(14-31)30(41)38-15-18-12-22(38)23(13-18)39-28-25(27(32)34-16-35-28)26(37-39)19-6-8-20(9-7-19)29(40)36-24-5-3-4-10-33-24/h3-11,16-18,22-23H,12-13,15H2,1-2H3,(H2,32,34,35)(H,33,36,40)/t18-,22-,23?/m1/s1. The first-order valence-electron chi connectivity index (χ1n) is 13.6. The van der Waals surface area contributed by atoms with Crippen molar-refractivity contribution < 1.29 is 9.59 Å². The average Bonchev–Trinajstić information content (AvgIpc) is 3.69. The van der Waals surface area contributed by atoms with Crippen molar-refractivity contribution in [3.8, 4) is 17.3 Å². The van der Waals surface area contributed by atoms with E-state index in [-0.39, 0.29) is 35.4 Å². The van der Waals surface area contributed by atoms with Crippen LogP contribution in [0.1, 0.15) is 43.1 Å². The van der Waals surface area contributed by atoms with E-state index in [9.17, 15) is 14.9 Å². The third-order valence-corrected chi connectivity index (χ3v) is 7.72. The van der Waals surface area contributed by atoms with Crippen LogP contribution in [0.5, 0.6) is 0 Å². The number of nitrogens with two attached hydrogens (primary N) is 1. The summed E-state index contributed by atoms with van der Waals surface area (Å²) in [5, 5.41) is 18.0. The Morgan fingerprint density at radius 3 is 2.56 bits per heavy atom. The molecule has 2 aliphatic rings. The van der Waals surface area contributed by atoms with E-state index in [0.717, 1.165) is 18.4 Å². The van der Waals surface area contributed by atoms with Crippen LogP contribution in [-0.2, 0) is 4.79 Å². The summed E-state index contributed by atoms with van der Waals surface area (Å²) in [5.74, 6) is 0.667. The van der Waals surface area contributed by atoms with E-state index in [0.29, 0.717) is 46.4 Å². The van der Waals surface area contributed by atoms with Crippen LogP contribution < -0.4 is 11.1 Å². The van der Waals surface area contributed by atoms with Crippen molar-refractivity contribution >= 4 is 34.5 Å². The third-order valence-electron chi connectivity index (χ3n) is 7.72. The average molecular weight is 548 g/mol. The highest BCUT2D eigenvalue weighted by Gasteiger charge is 2.49. The summed E-state index contributed by atoms with van der Waals surface area (Å²) in [6, 6.07) is 14.2. The van der Waals surface area contributed by atoms with E-state index >= 15 is 0 Å². The van der Waals surface area contributed by atoms with E-state index in [1.165, 1.54) is 6.33 Å². The SMILES string of the molecule is CC(C)C=C(C#N)C(=O)N1C[C@H]2CC(n3nc(-c4ccc(C(=O)Nc5ccccn5)cc4)c4c(N)ncnc43)[C@H]1C2. The van der Waals surface area contributed by atoms with Crippen LogP contribution in [0.25, 0.3) is 22.3 Å². The van der Waals surface area contributed by atoms with Gasteiger partial charge in [0.1, 0.15) is 35.3 Å². The van der Waals surface area contributed by atoms with Gasteiger partial charge in [-0.15, -0.1) is 0 Å². The van der Waals surface area contributed by atoms with Gasteiger partial charge in [0.15, 0.2) is 5.65 Å². The second kappa shape index (κ2) is 10.5. The monoisotopic (exact) mass is 547 g/mol. The third kappa shape index (κ3) is 4.78. The number of anilines is 2. The molecule has 2 fully saturated rings. The fourth-order valence-corrected chi connectivity index (χ4v) is 5.97. The number of allylic oxidation sites excluding steroid dienone is 1. The Balaban J connectivity index is 1.32. The summed E-state index contributed by atoms with van der Waals surface area (Å²) in [6.07, 6.45) is 6.44. The number of likely N-dealkylation sites (tertiary alicyclic amines) is 1. The highest BCUT2D eigenvalue weighted by atomic mass is 16.2. The number of piperidine rings is 1. The van der Waals surface area contributed by atoms with Crippen LogP contribution >= 0.6 is 0 Å². The summed E-state index contributed by atoms with van der Waals surface area (Å²) in [4.78, 5) is 40.8. The van der Waals surface area contributed by atoms with Crippen LogP contribution in [0.2, 0.25) is 0 Å². The van der Waals surface area contributed by atoms with Crippen molar-refractivity contribution in [2.24, 2.45) is 11.8 Å². The van der Waals surface area contributed by atoms with Gasteiger partial charge in [0, 0.05) is 23.9 Å². The number of fused-ring (bicyclic) bond motifs is 3. The highest BCUT2D eigenvalue weighted by molar-refractivity contribution is 6.04. The number of hydrogen-bond acceptors (Lipinski definition) is 8. The number of benzene rings is 1. The van der Waals surface area contributed by atoms with E-state index in [1.54, 1.807) is 42.6 Å². The molecule has 0 radical (unpaired) electrons. The van der Waals surface area contributed by atoms with Gasteiger partial charge >= 0.3 is 0 Å². The molecule has 6 rings (SSSR count). The van der Waals surface area contributed by atoms with Crippen LogP contribution in [0.3, 0.4) is 0 Å². The number of nitriles is 1. The molecule has 11 heteroatoms. The lowest BCUT2D eigenvalue weighted by atomic mass is 10.0. The number of aromatic nitrogens is 5. The van der Waals surface area contributed by atoms with Gasteiger partial charge in [-0.2, -0.15) is 10.4 Å². The van der Waals surface area contributed by atoms with Crippen molar-refractivity contribution in [2.75, 3.05) is 17.6 Å². The Morgan fingerprint density at radius 2 is 1.88 bits per heavy atom. The largest absolute Gasteiger partial charge is 0.383 e. The number of hydrogen-bond donors (Lipinski definition) is 2. The quantitative estimate of drug-likeness (QED) is 0.271. The van der Waals surface area contributed by atoms with Gasteiger partial charge in [-0.25, -0.2) is 19.6 Å². The molecule has 1 aliphatic carbocycles. The highest BCUT2D eigenvalue weighted by Crippen LogP contribution is 2.46. The minimum absolute atomic E-state index is 0.0916. The maximum absolute atomic E-state index is 13.3. The zero-order chi connectivity index (χ0) is 28.7. The molecule has 1 saturated carbocycles. The molecule has 4 heterocycles. The van der Waals surface area contributed by atoms with Crippen molar-refractivity contribution in [1.29, 1.82) is 5.26 Å². The number of rotatable bonds is 6. The normalized spacial score (nSPS) is 20.0. The van der Waals surface area contributed by atoms with Crippen molar-refractivity contribution in [1.82, 2.24) is 29.6 Å². The molecule has 1 saturated heterocycles. The molecule has 2 amide bonds. The topological polar surface area (TPSA) is 156 Å². The lowest BCUT2D eigenvalue weighted by Gasteiger charge is -2.33. The first-order chi connectivity index (χ1) is 19.8. The molecule has 206 valence electrons. The molecule has 3 N–H and O–H groups in total. The Kier molecular flexibility index (Phi) is 6.67. The van der Waals surface area contributed by atoms with Crippen LogP contribution in [0.15, 0.2) is 66.6 Å². The van der Waals surface area contributed by atoms with Gasteiger partial charge in [0.05, 0.1) is 17.5 Å². The second-order valence-corrected chi connectivity index (χ2v) is 10.9. The number of nitrogen functional groups attached to an aromatic ring is 1. The first kappa shape index (κ1) is 26.1. The molecule has 1 unspecified atom stereocenters. The lowest BCUT2D eigenvalue weighted by molar-refractivity contribution is -0.129. The van der Waals surface area contributed by atoms with E-state index < -0.39 is 0 Å². The number of carbonyl (C=O) groups is 2. The maximum atomic E-state index is 13.3. The van der Waals surface area contributed by atoms with Gasteiger partial charge < -0.3 is 16.0 Å². The van der Waals surface area contributed by atoms with Gasteiger partial charge in [-0.05, 0) is 48.9 Å². The fourth-order valence-electron chi connectivity index (χ4n) is 5.97. The molecule has 41 heavy (non-hydrogen) atoms. The molecule has 0 spiro atoms. The Labute approximate surface area is 236 Å². The van der Waals surface area contributed by atoms with Gasteiger partial charge in [-0.1, -0.05) is 38.1 Å². The Morgan fingerprint density at radius 1 is 1.10 bits per heavy atom. The minimum atomic E-state index is -0.275. The zero-order valence-corrected chi connectivity index (χ0v) is 22.7. The van der Waals surface area contributed by atoms with E-state index in [1.807, 2.05) is 35.6 Å². The molecule has 4 aromatic rings. The molecular formula is C30H29N9O2. The molecule has 3 aromatic heterocycles. The maximum Gasteiger partial charge on any atom is 0.264 e. The molecule has 1 aliphatic heterocycles. The first-order valence-corrected chi connectivity index (χ1v) is 13.6. The predicted molar refractivity (Wildman–Crippen MR) is 153 cm³/mol. The summed E-state index contributed by atoms with van der Waals surface area (Å²) in [6.45, 7) is 4.53. The fraction of sp³-hybridized carbons (Fsp3) is 0.300. The number of pyridine rings is 1. The predicted octanol–water partition coefficient (Wildman–Crippen LogP) is 3.99. The molecule has 1 aromatic carbocycles. The summed E-state index contributed by atoms with van der Waals surface area (Å²) >= 11 is 0. The summed E-state index contributed by atoms with van der Waals surface area (Å²) in [7, 11) is 0. The number of amides is 2. The minimum Gasteiger partial charge on any atom is -0.383 e. The van der Waals surface area contributed by atoms with Crippen LogP contribution in [0, 0.1) is 23.2 Å². The van der Waals surface area contributed by atoms with Crippen molar-refractivity contribution in [2.45, 2.75) is 38.8 Å². The van der Waals surface area contributed by atoms with E-state index in [4.69, 9.17) is 10.8 Å². The van der Waals surface area contributed by atoms with Gasteiger partial charge in [0.25, 0.3) is 11.8 Å². The van der Waals surface area contributed by atoms with Crippen LogP contribution in [-0.4, -0.2) is 54.0 Å². The van der Waals surface area contributed by atoms with E-state index in [2.05, 4.69) is 26.3 Å². The molecule has 3 atom stereocenters. The molecule has 2 bridgehead atoms. The lowest BCUT2D eigenvalue weighted by Crippen LogP contribution is -2.43. The summed E-state index contributed by atoms with van der Waals surface area (Å²) < 4.78 is 1.87. The Hall–Kier alpha value is -5.11. The second-order valence-electron chi connectivity index (χ2n) is 10.9. The smallest absolute Gasteiger partial charge is 0.264 e. The number of nitrogens with zero attached hydrogens (tertiary/aromatic N) is 7. The number of nitrogens with one attached hydrogen (secondary N) is 1. The van der Waals surface area contributed by atoms with Gasteiger partial charge in [0.2, 0.25) is 0 Å².